The lowest BCUT2D eigenvalue weighted by atomic mass is 10.3. The van der Waals surface area contributed by atoms with E-state index in [-0.39, 0.29) is 5.91 Å². The molecule has 0 radical (unpaired) electrons. The second kappa shape index (κ2) is 10.2. The highest BCUT2D eigenvalue weighted by Gasteiger charge is 2.10. The molecule has 1 saturated heterocycles. The molecule has 1 aromatic rings. The number of nitrogens with zero attached hydrogens (tertiary/aromatic N) is 4. The Morgan fingerprint density at radius 1 is 1.25 bits per heavy atom. The van der Waals surface area contributed by atoms with Crippen LogP contribution >= 0.6 is 0 Å². The molecule has 2 rings (SSSR count). The minimum absolute atomic E-state index is 0.180. The molecule has 1 amide bonds. The zero-order chi connectivity index (χ0) is 17.2. The molecular weight excluding hydrogens is 308 g/mol. The number of carbonyl (C=O) groups is 1. The molecular formula is C16H28N6O2. The van der Waals surface area contributed by atoms with Crippen LogP contribution in [0.3, 0.4) is 0 Å². The molecule has 8 nitrogen and oxygen atoms in total. The highest BCUT2D eigenvalue weighted by Crippen LogP contribution is 2.02. The van der Waals surface area contributed by atoms with Gasteiger partial charge < -0.3 is 20.3 Å². The fourth-order valence-electron chi connectivity index (χ4n) is 2.40. The molecule has 1 aliphatic heterocycles. The zero-order valence-corrected chi connectivity index (χ0v) is 14.6. The molecule has 134 valence electrons. The van der Waals surface area contributed by atoms with Gasteiger partial charge in [-0.25, -0.2) is 0 Å². The van der Waals surface area contributed by atoms with Gasteiger partial charge in [-0.1, -0.05) is 0 Å². The summed E-state index contributed by atoms with van der Waals surface area (Å²) in [5.74, 6) is 0.508. The predicted molar refractivity (Wildman–Crippen MR) is 93.3 cm³/mol. The maximum absolute atomic E-state index is 12.0. The Bertz CT molecular complexity index is 488. The van der Waals surface area contributed by atoms with Gasteiger partial charge in [0.05, 0.1) is 13.2 Å². The number of aromatic nitrogens is 2. The van der Waals surface area contributed by atoms with E-state index in [0.717, 1.165) is 52.4 Å². The van der Waals surface area contributed by atoms with E-state index in [9.17, 15) is 4.79 Å². The van der Waals surface area contributed by atoms with Gasteiger partial charge in [0, 0.05) is 32.7 Å². The van der Waals surface area contributed by atoms with Crippen LogP contribution in [0.25, 0.3) is 0 Å². The fraction of sp³-hybridized carbons (Fsp3) is 0.688. The van der Waals surface area contributed by atoms with E-state index >= 15 is 0 Å². The lowest BCUT2D eigenvalue weighted by Gasteiger charge is -2.26. The van der Waals surface area contributed by atoms with E-state index in [1.807, 2.05) is 14.1 Å². The summed E-state index contributed by atoms with van der Waals surface area (Å²) in [6, 6.07) is 3.49. The molecule has 0 unspecified atom stereocenters. The van der Waals surface area contributed by atoms with Gasteiger partial charge in [0.2, 0.25) is 0 Å². The standard InChI is InChI=1S/C16H28N6O2/c1-21(2)8-3-6-18-16(23)14-4-5-15(20-19-14)17-7-9-22-10-12-24-13-11-22/h4-5H,3,6-13H2,1-2H3,(H,17,20)(H,18,23). The van der Waals surface area contributed by atoms with Gasteiger partial charge in [0.15, 0.2) is 5.69 Å². The molecule has 0 aromatic carbocycles. The molecule has 2 heterocycles. The number of hydrogen-bond donors (Lipinski definition) is 2. The monoisotopic (exact) mass is 336 g/mol. The summed E-state index contributed by atoms with van der Waals surface area (Å²) in [7, 11) is 4.02. The number of hydrogen-bond acceptors (Lipinski definition) is 7. The Labute approximate surface area is 143 Å². The van der Waals surface area contributed by atoms with Gasteiger partial charge in [0.25, 0.3) is 5.91 Å². The Morgan fingerprint density at radius 2 is 2.04 bits per heavy atom. The van der Waals surface area contributed by atoms with Crippen LogP contribution in [0, 0.1) is 0 Å². The van der Waals surface area contributed by atoms with E-state index in [4.69, 9.17) is 4.74 Å². The quantitative estimate of drug-likeness (QED) is 0.610. The largest absolute Gasteiger partial charge is 0.379 e. The van der Waals surface area contributed by atoms with Crippen LogP contribution in [0.5, 0.6) is 0 Å². The van der Waals surface area contributed by atoms with E-state index in [1.165, 1.54) is 0 Å². The fourth-order valence-corrected chi connectivity index (χ4v) is 2.40. The molecule has 0 aliphatic carbocycles. The summed E-state index contributed by atoms with van der Waals surface area (Å²) in [6.07, 6.45) is 0.910. The number of ether oxygens (including phenoxy) is 1. The summed E-state index contributed by atoms with van der Waals surface area (Å²) < 4.78 is 5.32. The first-order valence-electron chi connectivity index (χ1n) is 8.46. The molecule has 2 N–H and O–H groups in total. The van der Waals surface area contributed by atoms with E-state index in [1.54, 1.807) is 12.1 Å². The minimum Gasteiger partial charge on any atom is -0.379 e. The van der Waals surface area contributed by atoms with Crippen molar-refractivity contribution in [1.82, 2.24) is 25.3 Å². The van der Waals surface area contributed by atoms with Crippen molar-refractivity contribution in [3.8, 4) is 0 Å². The third-order valence-electron chi connectivity index (χ3n) is 3.80. The first kappa shape index (κ1) is 18.6. The van der Waals surface area contributed by atoms with Crippen molar-refractivity contribution in [2.45, 2.75) is 6.42 Å². The normalized spacial score (nSPS) is 15.5. The van der Waals surface area contributed by atoms with Crippen molar-refractivity contribution in [3.63, 3.8) is 0 Å². The molecule has 8 heteroatoms. The van der Waals surface area contributed by atoms with Gasteiger partial charge in [-0.15, -0.1) is 10.2 Å². The zero-order valence-electron chi connectivity index (χ0n) is 14.6. The Balaban J connectivity index is 1.66. The van der Waals surface area contributed by atoms with Crippen LogP contribution in [-0.2, 0) is 4.74 Å². The number of rotatable bonds is 9. The number of morpholine rings is 1. The average molecular weight is 336 g/mol. The highest BCUT2D eigenvalue weighted by molar-refractivity contribution is 5.92. The molecule has 0 atom stereocenters. The SMILES string of the molecule is CN(C)CCCNC(=O)c1ccc(NCCN2CCOCC2)nn1. The van der Waals surface area contributed by atoms with Gasteiger partial charge in [-0.3, -0.25) is 9.69 Å². The summed E-state index contributed by atoms with van der Waals surface area (Å²) in [4.78, 5) is 16.4. The van der Waals surface area contributed by atoms with Crippen molar-refractivity contribution in [3.05, 3.63) is 17.8 Å². The van der Waals surface area contributed by atoms with Crippen molar-refractivity contribution in [1.29, 1.82) is 0 Å². The number of nitrogens with one attached hydrogen (secondary N) is 2. The average Bonchev–Trinajstić information content (AvgIpc) is 2.60. The maximum Gasteiger partial charge on any atom is 0.271 e. The van der Waals surface area contributed by atoms with Crippen LogP contribution in [0.1, 0.15) is 16.9 Å². The highest BCUT2D eigenvalue weighted by atomic mass is 16.5. The minimum atomic E-state index is -0.180. The third kappa shape index (κ3) is 6.77. The molecule has 1 aliphatic rings. The molecule has 0 spiro atoms. The lowest BCUT2D eigenvalue weighted by molar-refractivity contribution is 0.0398. The second-order valence-corrected chi connectivity index (χ2v) is 6.10. The second-order valence-electron chi connectivity index (χ2n) is 6.10. The van der Waals surface area contributed by atoms with E-state index in [0.29, 0.717) is 18.1 Å². The van der Waals surface area contributed by atoms with Gasteiger partial charge >= 0.3 is 0 Å². The predicted octanol–water partition coefficient (Wildman–Crippen LogP) is -0.0978. The Hall–Kier alpha value is -1.77. The molecule has 24 heavy (non-hydrogen) atoms. The summed E-state index contributed by atoms with van der Waals surface area (Å²) >= 11 is 0. The third-order valence-corrected chi connectivity index (χ3v) is 3.80. The van der Waals surface area contributed by atoms with Crippen LogP contribution in [0.2, 0.25) is 0 Å². The number of carbonyl (C=O) groups excluding carboxylic acids is 1. The summed E-state index contributed by atoms with van der Waals surface area (Å²) in [6.45, 7) is 6.87. The van der Waals surface area contributed by atoms with Crippen molar-refractivity contribution < 1.29 is 9.53 Å². The van der Waals surface area contributed by atoms with E-state index < -0.39 is 0 Å². The smallest absolute Gasteiger partial charge is 0.271 e. The summed E-state index contributed by atoms with van der Waals surface area (Å²) in [5, 5.41) is 14.1. The molecule has 1 aromatic heterocycles. The molecule has 0 bridgehead atoms. The maximum atomic E-state index is 12.0. The van der Waals surface area contributed by atoms with Gasteiger partial charge in [0.1, 0.15) is 5.82 Å². The van der Waals surface area contributed by atoms with E-state index in [2.05, 4.69) is 30.6 Å². The number of anilines is 1. The van der Waals surface area contributed by atoms with Gasteiger partial charge in [-0.05, 0) is 39.2 Å². The first-order valence-corrected chi connectivity index (χ1v) is 8.46. The van der Waals surface area contributed by atoms with Crippen molar-refractivity contribution in [2.75, 3.05) is 71.9 Å². The van der Waals surface area contributed by atoms with Gasteiger partial charge in [-0.2, -0.15) is 0 Å². The summed E-state index contributed by atoms with van der Waals surface area (Å²) in [5.41, 5.74) is 0.346. The Morgan fingerprint density at radius 3 is 2.71 bits per heavy atom. The molecule has 1 fully saturated rings. The first-order chi connectivity index (χ1) is 11.6. The van der Waals surface area contributed by atoms with Crippen LogP contribution in [0.15, 0.2) is 12.1 Å². The molecule has 0 saturated carbocycles. The lowest BCUT2D eigenvalue weighted by Crippen LogP contribution is -2.39. The Kier molecular flexibility index (Phi) is 7.87. The van der Waals surface area contributed by atoms with Crippen LogP contribution in [0.4, 0.5) is 5.82 Å². The van der Waals surface area contributed by atoms with Crippen LogP contribution in [-0.4, -0.2) is 92.5 Å². The van der Waals surface area contributed by atoms with Crippen LogP contribution < -0.4 is 10.6 Å². The topological polar surface area (TPSA) is 82.6 Å². The number of amides is 1. The van der Waals surface area contributed by atoms with Crippen molar-refractivity contribution in [2.24, 2.45) is 0 Å². The van der Waals surface area contributed by atoms with Crippen molar-refractivity contribution >= 4 is 11.7 Å².